The zero-order valence-corrected chi connectivity index (χ0v) is 6.49. The molecule has 0 aromatic rings. The Morgan fingerprint density at radius 1 is 1.86 bits per heavy atom. The summed E-state index contributed by atoms with van der Waals surface area (Å²) in [4.78, 5) is 0. The molecule has 1 N–H and O–H groups in total. The molecule has 0 radical (unpaired) electrons. The molecule has 0 fully saturated rings. The molecule has 0 spiro atoms. The van der Waals surface area contributed by atoms with Gasteiger partial charge in [0.2, 0.25) is 0 Å². The van der Waals surface area contributed by atoms with Crippen LogP contribution in [-0.2, 0) is 11.3 Å². The van der Waals surface area contributed by atoms with Crippen LogP contribution in [0.3, 0.4) is 0 Å². The van der Waals surface area contributed by atoms with Gasteiger partial charge in [0, 0.05) is 22.2 Å². The van der Waals surface area contributed by atoms with Gasteiger partial charge in [-0.2, -0.15) is 0 Å². The van der Waals surface area contributed by atoms with E-state index in [2.05, 4.69) is 27.3 Å². The van der Waals surface area contributed by atoms with Crippen LogP contribution in [0.1, 0.15) is 0 Å². The summed E-state index contributed by atoms with van der Waals surface area (Å²) in [6, 6.07) is 0. The van der Waals surface area contributed by atoms with Crippen molar-refractivity contribution in [2.24, 2.45) is 0 Å². The second-order valence-electron chi connectivity index (χ2n) is 0.818. The number of rotatable bonds is 3. The molecule has 1 atom stereocenters. The fraction of sp³-hybridized carbons (Fsp3) is 1.00. The van der Waals surface area contributed by atoms with E-state index >= 15 is 0 Å². The van der Waals surface area contributed by atoms with Crippen molar-refractivity contribution in [1.82, 2.24) is 4.72 Å². The van der Waals surface area contributed by atoms with Gasteiger partial charge in [-0.3, -0.25) is 4.21 Å². The van der Waals surface area contributed by atoms with Gasteiger partial charge in [-0.25, -0.2) is 4.72 Å². The van der Waals surface area contributed by atoms with E-state index in [9.17, 15) is 8.76 Å². The van der Waals surface area contributed by atoms with E-state index in [1.165, 1.54) is 0 Å². The van der Waals surface area contributed by atoms with Crippen molar-refractivity contribution in [3.05, 3.63) is 0 Å². The van der Waals surface area contributed by atoms with Crippen LogP contribution in [0.25, 0.3) is 0 Å². The van der Waals surface area contributed by atoms with Gasteiger partial charge in [-0.15, -0.1) is 0 Å². The fourth-order valence-electron chi connectivity index (χ4n) is 0.122. The standard InChI is InChI=1S/C2H6INO2S/c3-1-2-4-7(5)6/h4H,1-2H2,(H,5,6)/p-1. The van der Waals surface area contributed by atoms with Crippen LogP contribution in [-0.4, -0.2) is 19.7 Å². The van der Waals surface area contributed by atoms with Crippen molar-refractivity contribution in [3.63, 3.8) is 0 Å². The highest BCUT2D eigenvalue weighted by Crippen LogP contribution is 1.75. The number of hydrogen-bond donors (Lipinski definition) is 1. The first-order chi connectivity index (χ1) is 3.27. The van der Waals surface area contributed by atoms with Gasteiger partial charge < -0.3 is 4.55 Å². The molecule has 0 saturated heterocycles. The maximum absolute atomic E-state index is 9.64. The van der Waals surface area contributed by atoms with Gasteiger partial charge in [0.05, 0.1) is 0 Å². The Hall–Kier alpha value is 0.800. The predicted octanol–water partition coefficient (Wildman–Crippen LogP) is -0.195. The van der Waals surface area contributed by atoms with Gasteiger partial charge in [-0.05, 0) is 0 Å². The van der Waals surface area contributed by atoms with E-state index < -0.39 is 11.3 Å². The molecule has 0 saturated carbocycles. The lowest BCUT2D eigenvalue weighted by Gasteiger charge is -2.02. The highest BCUT2D eigenvalue weighted by atomic mass is 127. The Morgan fingerprint density at radius 3 is 2.57 bits per heavy atom. The average Bonchev–Trinajstić information content (AvgIpc) is 1.61. The third kappa shape index (κ3) is 6.80. The van der Waals surface area contributed by atoms with E-state index in [1.54, 1.807) is 0 Å². The van der Waals surface area contributed by atoms with Crippen LogP contribution in [0, 0.1) is 0 Å². The minimum Gasteiger partial charge on any atom is -0.760 e. The van der Waals surface area contributed by atoms with Crippen molar-refractivity contribution in [2.75, 3.05) is 11.0 Å². The molecule has 0 rings (SSSR count). The van der Waals surface area contributed by atoms with E-state index in [0.29, 0.717) is 6.54 Å². The molecule has 0 aromatic carbocycles. The second-order valence-corrected chi connectivity index (χ2v) is 2.65. The highest BCUT2D eigenvalue weighted by Gasteiger charge is 1.76. The Kier molecular flexibility index (Phi) is 5.51. The summed E-state index contributed by atoms with van der Waals surface area (Å²) in [7, 11) is 0. The van der Waals surface area contributed by atoms with Crippen LogP contribution in [0.2, 0.25) is 0 Å². The van der Waals surface area contributed by atoms with Crippen molar-refractivity contribution >= 4 is 33.9 Å². The minimum absolute atomic E-state index is 0.524. The average molecular weight is 234 g/mol. The summed E-state index contributed by atoms with van der Waals surface area (Å²) < 4.78 is 22.3. The molecule has 0 aliphatic rings. The third-order valence-electron chi connectivity index (χ3n) is 0.314. The monoisotopic (exact) mass is 234 g/mol. The number of hydrogen-bond acceptors (Lipinski definition) is 2. The van der Waals surface area contributed by atoms with Gasteiger partial charge in [-0.1, -0.05) is 22.6 Å². The smallest absolute Gasteiger partial charge is 0.0181 e. The molecule has 5 heteroatoms. The van der Waals surface area contributed by atoms with Crippen LogP contribution >= 0.6 is 22.6 Å². The summed E-state index contributed by atoms with van der Waals surface area (Å²) in [6.45, 7) is 0.524. The topological polar surface area (TPSA) is 52.2 Å². The molecule has 0 bridgehead atoms. The van der Waals surface area contributed by atoms with Crippen LogP contribution in [0.5, 0.6) is 0 Å². The Bertz CT molecular complexity index is 68.7. The first-order valence-corrected chi connectivity index (χ1v) is 4.26. The molecule has 44 valence electrons. The molecule has 1 unspecified atom stereocenters. The molecule has 0 heterocycles. The molecule has 3 nitrogen and oxygen atoms in total. The number of alkyl halides is 1. The molecule has 0 aromatic heterocycles. The SMILES string of the molecule is O=S([O-])NCCI. The molecular weight excluding hydrogens is 229 g/mol. The maximum Gasteiger partial charge on any atom is 0.0181 e. The van der Waals surface area contributed by atoms with Crippen molar-refractivity contribution in [1.29, 1.82) is 0 Å². The first-order valence-electron chi connectivity index (χ1n) is 1.66. The maximum atomic E-state index is 9.64. The first kappa shape index (κ1) is 7.80. The number of halogens is 1. The van der Waals surface area contributed by atoms with Crippen LogP contribution < -0.4 is 4.72 Å². The van der Waals surface area contributed by atoms with Gasteiger partial charge in [0.1, 0.15) is 0 Å². The Labute approximate surface area is 58.4 Å². The summed E-state index contributed by atoms with van der Waals surface area (Å²) in [5.41, 5.74) is 0. The third-order valence-corrected chi connectivity index (χ3v) is 1.29. The lowest BCUT2D eigenvalue weighted by Crippen LogP contribution is -2.18. The van der Waals surface area contributed by atoms with E-state index in [0.717, 1.165) is 4.43 Å². The van der Waals surface area contributed by atoms with E-state index in [1.807, 2.05) is 0 Å². The van der Waals surface area contributed by atoms with Crippen molar-refractivity contribution < 1.29 is 8.76 Å². The van der Waals surface area contributed by atoms with Gasteiger partial charge >= 0.3 is 0 Å². The second kappa shape index (κ2) is 4.95. The van der Waals surface area contributed by atoms with Crippen molar-refractivity contribution in [3.8, 4) is 0 Å². The molecule has 7 heavy (non-hydrogen) atoms. The summed E-state index contributed by atoms with van der Waals surface area (Å²) >= 11 is 0.0147. The summed E-state index contributed by atoms with van der Waals surface area (Å²) in [5.74, 6) is 0. The molecule has 0 amide bonds. The lowest BCUT2D eigenvalue weighted by molar-refractivity contribution is 0.525. The highest BCUT2D eigenvalue weighted by molar-refractivity contribution is 14.1. The van der Waals surface area contributed by atoms with E-state index in [-0.39, 0.29) is 0 Å². The van der Waals surface area contributed by atoms with Gasteiger partial charge in [0.25, 0.3) is 0 Å². The Balaban J connectivity index is 2.82. The molecule has 0 aliphatic heterocycles. The minimum atomic E-state index is -2.07. The quantitative estimate of drug-likeness (QED) is 0.418. The zero-order chi connectivity index (χ0) is 5.70. The Morgan fingerprint density at radius 2 is 2.43 bits per heavy atom. The lowest BCUT2D eigenvalue weighted by atomic mass is 10.8. The normalized spacial score (nSPS) is 14.0. The zero-order valence-electron chi connectivity index (χ0n) is 3.52. The predicted molar refractivity (Wildman–Crippen MR) is 35.8 cm³/mol. The van der Waals surface area contributed by atoms with Crippen LogP contribution in [0.4, 0.5) is 0 Å². The molecule has 0 aliphatic carbocycles. The summed E-state index contributed by atoms with van der Waals surface area (Å²) in [5, 5.41) is 0. The fourth-order valence-corrected chi connectivity index (χ4v) is 1.03. The summed E-state index contributed by atoms with van der Waals surface area (Å²) in [6.07, 6.45) is 0. The van der Waals surface area contributed by atoms with E-state index in [4.69, 9.17) is 0 Å². The van der Waals surface area contributed by atoms with Gasteiger partial charge in [0.15, 0.2) is 0 Å². The largest absolute Gasteiger partial charge is 0.760 e. The van der Waals surface area contributed by atoms with Crippen molar-refractivity contribution in [2.45, 2.75) is 0 Å². The number of nitrogens with one attached hydrogen (secondary N) is 1. The van der Waals surface area contributed by atoms with Crippen LogP contribution in [0.15, 0.2) is 0 Å². The molecular formula is C2H5INO2S-.